The molecular formula is C20H24N2O2. The van der Waals surface area contributed by atoms with Crippen LogP contribution in [0.3, 0.4) is 0 Å². The molecule has 4 heteroatoms. The lowest BCUT2D eigenvalue weighted by atomic mass is 9.94. The van der Waals surface area contributed by atoms with Crippen molar-refractivity contribution in [2.24, 2.45) is 0 Å². The summed E-state index contributed by atoms with van der Waals surface area (Å²) >= 11 is 0. The molecule has 1 aliphatic heterocycles. The normalized spacial score (nSPS) is 17.4. The van der Waals surface area contributed by atoms with E-state index in [0.717, 1.165) is 18.5 Å². The molecular weight excluding hydrogens is 300 g/mol. The average molecular weight is 324 g/mol. The summed E-state index contributed by atoms with van der Waals surface area (Å²) in [4.78, 5) is 16.7. The molecule has 2 aromatic rings. The van der Waals surface area contributed by atoms with Crippen LogP contribution in [0.5, 0.6) is 5.75 Å². The molecule has 0 fully saturated rings. The minimum absolute atomic E-state index is 0.0803. The number of amides is 1. The van der Waals surface area contributed by atoms with Gasteiger partial charge in [-0.3, -0.25) is 9.69 Å². The third-order valence-corrected chi connectivity index (χ3v) is 4.92. The first-order valence-corrected chi connectivity index (χ1v) is 8.28. The second kappa shape index (κ2) is 6.65. The van der Waals surface area contributed by atoms with Crippen LogP contribution in [0.2, 0.25) is 0 Å². The predicted molar refractivity (Wildman–Crippen MR) is 95.2 cm³/mol. The van der Waals surface area contributed by atoms with Crippen molar-refractivity contribution < 1.29 is 9.90 Å². The van der Waals surface area contributed by atoms with Crippen molar-refractivity contribution in [1.82, 2.24) is 9.80 Å². The summed E-state index contributed by atoms with van der Waals surface area (Å²) in [6, 6.07) is 14.0. The Bertz CT molecular complexity index is 757. The molecule has 1 heterocycles. The number of phenols is 1. The van der Waals surface area contributed by atoms with Crippen LogP contribution in [0.1, 0.15) is 27.0 Å². The van der Waals surface area contributed by atoms with Gasteiger partial charge in [0.15, 0.2) is 0 Å². The standard InChI is InChI=1S/C20H24N2O2/c1-14-7-6-10-18(19(14)23)20(24)22(3)13-17-11-15-8-4-5-9-16(15)12-21(17)2/h4-10,17,23H,11-13H2,1-3H3/t17-/m1/s1. The lowest BCUT2D eigenvalue weighted by Gasteiger charge is -2.36. The molecule has 0 aromatic heterocycles. The van der Waals surface area contributed by atoms with Crippen LogP contribution in [0.15, 0.2) is 42.5 Å². The Hall–Kier alpha value is -2.33. The van der Waals surface area contributed by atoms with Gasteiger partial charge >= 0.3 is 0 Å². The van der Waals surface area contributed by atoms with Crippen LogP contribution < -0.4 is 0 Å². The van der Waals surface area contributed by atoms with Crippen molar-refractivity contribution in [2.45, 2.75) is 25.9 Å². The average Bonchev–Trinajstić information content (AvgIpc) is 2.57. The number of likely N-dealkylation sites (N-methyl/N-ethyl adjacent to an activating group) is 2. The van der Waals surface area contributed by atoms with E-state index < -0.39 is 0 Å². The summed E-state index contributed by atoms with van der Waals surface area (Å²) < 4.78 is 0. The quantitative estimate of drug-likeness (QED) is 0.944. The van der Waals surface area contributed by atoms with E-state index in [0.29, 0.717) is 12.1 Å². The summed E-state index contributed by atoms with van der Waals surface area (Å²) in [5.41, 5.74) is 3.82. The van der Waals surface area contributed by atoms with E-state index >= 15 is 0 Å². The van der Waals surface area contributed by atoms with Crippen molar-refractivity contribution in [1.29, 1.82) is 0 Å². The Kier molecular flexibility index (Phi) is 4.58. The fraction of sp³-hybridized carbons (Fsp3) is 0.350. The van der Waals surface area contributed by atoms with E-state index in [1.807, 2.05) is 0 Å². The van der Waals surface area contributed by atoms with Gasteiger partial charge < -0.3 is 10.0 Å². The zero-order valence-electron chi connectivity index (χ0n) is 14.5. The van der Waals surface area contributed by atoms with Gasteiger partial charge in [-0.25, -0.2) is 0 Å². The van der Waals surface area contributed by atoms with E-state index in [9.17, 15) is 9.90 Å². The highest BCUT2D eigenvalue weighted by Gasteiger charge is 2.26. The maximum atomic E-state index is 12.7. The van der Waals surface area contributed by atoms with Gasteiger partial charge in [0.1, 0.15) is 5.75 Å². The van der Waals surface area contributed by atoms with Crippen molar-refractivity contribution in [2.75, 3.05) is 20.6 Å². The summed E-state index contributed by atoms with van der Waals surface area (Å²) in [5, 5.41) is 10.1. The summed E-state index contributed by atoms with van der Waals surface area (Å²) in [5.74, 6) is -0.0554. The fourth-order valence-electron chi connectivity index (χ4n) is 3.36. The maximum absolute atomic E-state index is 12.7. The Balaban J connectivity index is 1.74. The Morgan fingerprint density at radius 2 is 1.92 bits per heavy atom. The molecule has 24 heavy (non-hydrogen) atoms. The molecule has 1 N–H and O–H groups in total. The molecule has 0 unspecified atom stereocenters. The predicted octanol–water partition coefficient (Wildman–Crippen LogP) is 2.83. The van der Waals surface area contributed by atoms with Crippen LogP contribution in [-0.2, 0) is 13.0 Å². The maximum Gasteiger partial charge on any atom is 0.257 e. The second-order valence-electron chi connectivity index (χ2n) is 6.70. The molecule has 0 radical (unpaired) electrons. The van der Waals surface area contributed by atoms with Crippen molar-refractivity contribution in [3.63, 3.8) is 0 Å². The Morgan fingerprint density at radius 3 is 2.67 bits per heavy atom. The van der Waals surface area contributed by atoms with E-state index in [1.165, 1.54) is 11.1 Å². The number of carbonyl (C=O) groups excluding carboxylic acids is 1. The van der Waals surface area contributed by atoms with Gasteiger partial charge in [-0.2, -0.15) is 0 Å². The molecule has 0 saturated heterocycles. The van der Waals surface area contributed by atoms with Crippen LogP contribution in [0.4, 0.5) is 0 Å². The number of aromatic hydroxyl groups is 1. The van der Waals surface area contributed by atoms with E-state index in [2.05, 4.69) is 36.2 Å². The molecule has 126 valence electrons. The van der Waals surface area contributed by atoms with Gasteiger partial charge in [0, 0.05) is 26.2 Å². The summed E-state index contributed by atoms with van der Waals surface area (Å²) in [7, 11) is 3.90. The highest BCUT2D eigenvalue weighted by molar-refractivity contribution is 5.97. The van der Waals surface area contributed by atoms with Gasteiger partial charge in [0.2, 0.25) is 0 Å². The van der Waals surface area contributed by atoms with Crippen molar-refractivity contribution in [3.8, 4) is 5.75 Å². The topological polar surface area (TPSA) is 43.8 Å². The zero-order valence-corrected chi connectivity index (χ0v) is 14.5. The number of phenolic OH excluding ortho intramolecular Hbond substituents is 1. The SMILES string of the molecule is Cc1cccc(C(=O)N(C)C[C@H]2Cc3ccccc3CN2C)c1O. The molecule has 4 nitrogen and oxygen atoms in total. The number of fused-ring (bicyclic) bond motifs is 1. The highest BCUT2D eigenvalue weighted by atomic mass is 16.3. The molecule has 0 spiro atoms. The van der Waals surface area contributed by atoms with Crippen molar-refractivity contribution in [3.05, 3.63) is 64.7 Å². The number of para-hydroxylation sites is 1. The molecule has 0 bridgehead atoms. The number of nitrogens with zero attached hydrogens (tertiary/aromatic N) is 2. The minimum Gasteiger partial charge on any atom is -0.507 e. The monoisotopic (exact) mass is 324 g/mol. The Labute approximate surface area is 143 Å². The minimum atomic E-state index is -0.136. The van der Waals surface area contributed by atoms with Gasteiger partial charge in [-0.05, 0) is 43.1 Å². The molecule has 3 rings (SSSR count). The van der Waals surface area contributed by atoms with E-state index in [1.54, 1.807) is 37.1 Å². The van der Waals surface area contributed by atoms with E-state index in [-0.39, 0.29) is 17.7 Å². The summed E-state index contributed by atoms with van der Waals surface area (Å²) in [6.45, 7) is 3.34. The first-order chi connectivity index (χ1) is 11.5. The van der Waals surface area contributed by atoms with E-state index in [4.69, 9.17) is 0 Å². The summed E-state index contributed by atoms with van der Waals surface area (Å²) in [6.07, 6.45) is 0.935. The smallest absolute Gasteiger partial charge is 0.257 e. The van der Waals surface area contributed by atoms with Crippen LogP contribution in [0.25, 0.3) is 0 Å². The molecule has 1 amide bonds. The fourth-order valence-corrected chi connectivity index (χ4v) is 3.36. The lowest BCUT2D eigenvalue weighted by molar-refractivity contribution is 0.0730. The number of hydrogen-bond donors (Lipinski definition) is 1. The van der Waals surface area contributed by atoms with Crippen molar-refractivity contribution >= 4 is 5.91 Å². The number of hydrogen-bond acceptors (Lipinski definition) is 3. The second-order valence-corrected chi connectivity index (χ2v) is 6.70. The third kappa shape index (κ3) is 3.15. The van der Waals surface area contributed by atoms with Gasteiger partial charge in [0.05, 0.1) is 5.56 Å². The number of carbonyl (C=O) groups is 1. The number of rotatable bonds is 3. The van der Waals surface area contributed by atoms with Gasteiger partial charge in [-0.1, -0.05) is 36.4 Å². The van der Waals surface area contributed by atoms with Crippen LogP contribution in [-0.4, -0.2) is 47.5 Å². The first-order valence-electron chi connectivity index (χ1n) is 8.28. The largest absolute Gasteiger partial charge is 0.507 e. The van der Waals surface area contributed by atoms with Gasteiger partial charge in [-0.15, -0.1) is 0 Å². The Morgan fingerprint density at radius 1 is 1.21 bits per heavy atom. The third-order valence-electron chi connectivity index (χ3n) is 4.92. The molecule has 0 saturated carbocycles. The molecule has 1 aliphatic rings. The lowest BCUT2D eigenvalue weighted by Crippen LogP contribution is -2.46. The van der Waals surface area contributed by atoms with Crippen LogP contribution in [0, 0.1) is 6.92 Å². The highest BCUT2D eigenvalue weighted by Crippen LogP contribution is 2.25. The molecule has 1 atom stereocenters. The number of benzene rings is 2. The molecule has 2 aromatic carbocycles. The van der Waals surface area contributed by atoms with Crippen LogP contribution >= 0.6 is 0 Å². The molecule has 0 aliphatic carbocycles. The van der Waals surface area contributed by atoms with Gasteiger partial charge in [0.25, 0.3) is 5.91 Å². The zero-order chi connectivity index (χ0) is 17.3. The number of aryl methyl sites for hydroxylation is 1. The first kappa shape index (κ1) is 16.5.